The van der Waals surface area contributed by atoms with Gasteiger partial charge in [0, 0.05) is 47.8 Å². The molecule has 4 heterocycles. The summed E-state index contributed by atoms with van der Waals surface area (Å²) in [6.45, 7) is 7.44. The number of rotatable bonds is 7. The maximum atomic E-state index is 12.4. The van der Waals surface area contributed by atoms with Crippen molar-refractivity contribution in [3.05, 3.63) is 103 Å². The van der Waals surface area contributed by atoms with Gasteiger partial charge in [0.15, 0.2) is 5.65 Å². The van der Waals surface area contributed by atoms with E-state index in [-0.39, 0.29) is 5.92 Å². The van der Waals surface area contributed by atoms with E-state index in [1.165, 1.54) is 0 Å². The third-order valence-electron chi connectivity index (χ3n) is 8.08. The van der Waals surface area contributed by atoms with Gasteiger partial charge in [0.1, 0.15) is 0 Å². The molecule has 0 radical (unpaired) electrons. The van der Waals surface area contributed by atoms with Gasteiger partial charge in [-0.2, -0.15) is 5.10 Å². The van der Waals surface area contributed by atoms with Crippen LogP contribution in [0.2, 0.25) is 0 Å². The predicted molar refractivity (Wildman–Crippen MR) is 175 cm³/mol. The molecular weight excluding hydrogens is 550 g/mol. The summed E-state index contributed by atoms with van der Waals surface area (Å²) in [6.07, 6.45) is 3.72. The highest BCUT2D eigenvalue weighted by Gasteiger charge is 2.21. The molecule has 220 valence electrons. The van der Waals surface area contributed by atoms with Crippen LogP contribution >= 0.6 is 0 Å². The van der Waals surface area contributed by atoms with Gasteiger partial charge in [0.25, 0.3) is 5.91 Å². The Hall–Kier alpha value is -5.28. The minimum Gasteiger partial charge on any atom is -0.378 e. The average Bonchev–Trinajstić information content (AvgIpc) is 3.46. The van der Waals surface area contributed by atoms with Gasteiger partial charge in [-0.25, -0.2) is 9.67 Å². The maximum absolute atomic E-state index is 12.4. The topological polar surface area (TPSA) is 111 Å². The van der Waals surface area contributed by atoms with Crippen LogP contribution in [0.3, 0.4) is 0 Å². The highest BCUT2D eigenvalue weighted by atomic mass is 16.5. The van der Waals surface area contributed by atoms with Gasteiger partial charge in [-0.1, -0.05) is 32.0 Å². The molecule has 0 bridgehead atoms. The van der Waals surface area contributed by atoms with Crippen molar-refractivity contribution in [2.24, 2.45) is 5.73 Å². The number of aromatic nitrogens is 4. The lowest BCUT2D eigenvalue weighted by molar-refractivity contribution is 0.100. The Morgan fingerprint density at radius 1 is 0.932 bits per heavy atom. The lowest BCUT2D eigenvalue weighted by atomic mass is 9.98. The van der Waals surface area contributed by atoms with Crippen LogP contribution in [0.4, 0.5) is 17.1 Å². The number of ether oxygens (including phenoxy) is 1. The number of para-hydroxylation sites is 1. The first-order chi connectivity index (χ1) is 21.5. The maximum Gasteiger partial charge on any atom is 0.250 e. The van der Waals surface area contributed by atoms with Crippen molar-refractivity contribution in [2.45, 2.75) is 19.8 Å². The summed E-state index contributed by atoms with van der Waals surface area (Å²) in [5.41, 5.74) is 14.2. The van der Waals surface area contributed by atoms with E-state index in [2.05, 4.69) is 48.3 Å². The normalized spacial score (nSPS) is 13.6. The highest BCUT2D eigenvalue weighted by molar-refractivity contribution is 6.00. The van der Waals surface area contributed by atoms with Gasteiger partial charge in [0.05, 0.1) is 46.7 Å². The van der Waals surface area contributed by atoms with Gasteiger partial charge in [-0.15, -0.1) is 0 Å². The quantitative estimate of drug-likeness (QED) is 0.223. The molecule has 1 amide bonds. The summed E-state index contributed by atoms with van der Waals surface area (Å²) in [5, 5.41) is 10.5. The van der Waals surface area contributed by atoms with Gasteiger partial charge in [-0.3, -0.25) is 9.78 Å². The SMILES string of the molecule is CC(C)c1nn(-c2ccc(C(N)=O)c(Nc3ccc(N4CCOCC4)cc3)c2)c2nccc(-c3cnc4ccccc4c3)c12. The molecule has 0 unspecified atom stereocenters. The zero-order chi connectivity index (χ0) is 30.2. The molecule has 1 fully saturated rings. The first kappa shape index (κ1) is 27.5. The fourth-order valence-corrected chi connectivity index (χ4v) is 5.83. The molecule has 1 aliphatic heterocycles. The summed E-state index contributed by atoms with van der Waals surface area (Å²) in [5.74, 6) is -0.371. The van der Waals surface area contributed by atoms with E-state index in [1.807, 2.05) is 65.6 Å². The molecule has 1 saturated heterocycles. The van der Waals surface area contributed by atoms with E-state index in [9.17, 15) is 4.79 Å². The van der Waals surface area contributed by atoms with Crippen molar-refractivity contribution in [3.63, 3.8) is 0 Å². The summed E-state index contributed by atoms with van der Waals surface area (Å²) >= 11 is 0. The number of morpholine rings is 1. The van der Waals surface area contributed by atoms with Crippen LogP contribution in [-0.4, -0.2) is 52.0 Å². The smallest absolute Gasteiger partial charge is 0.250 e. The molecule has 0 spiro atoms. The monoisotopic (exact) mass is 583 g/mol. The molecule has 0 saturated carbocycles. The number of benzene rings is 3. The third-order valence-corrected chi connectivity index (χ3v) is 8.08. The lowest BCUT2D eigenvalue weighted by Crippen LogP contribution is -2.36. The Bertz CT molecular complexity index is 1990. The number of carbonyl (C=O) groups excluding carboxylic acids is 1. The number of nitrogens with one attached hydrogen (secondary N) is 1. The molecule has 3 aromatic carbocycles. The van der Waals surface area contributed by atoms with Gasteiger partial charge in [-0.05, 0) is 72.1 Å². The first-order valence-corrected chi connectivity index (χ1v) is 14.8. The largest absolute Gasteiger partial charge is 0.378 e. The molecule has 44 heavy (non-hydrogen) atoms. The number of nitrogens with zero attached hydrogens (tertiary/aromatic N) is 5. The Kier molecular flexibility index (Phi) is 7.15. The number of hydrogen-bond donors (Lipinski definition) is 2. The molecule has 3 aromatic heterocycles. The number of nitrogens with two attached hydrogens (primary N) is 1. The number of anilines is 3. The number of primary amides is 1. The fourth-order valence-electron chi connectivity index (χ4n) is 5.83. The molecule has 9 nitrogen and oxygen atoms in total. The average molecular weight is 584 g/mol. The van der Waals surface area contributed by atoms with Crippen LogP contribution in [0.5, 0.6) is 0 Å². The summed E-state index contributed by atoms with van der Waals surface area (Å²) in [4.78, 5) is 24.2. The third kappa shape index (κ3) is 5.11. The van der Waals surface area contributed by atoms with Crippen molar-refractivity contribution < 1.29 is 9.53 Å². The second kappa shape index (κ2) is 11.4. The number of carbonyl (C=O) groups is 1. The minimum absolute atomic E-state index is 0.141. The molecule has 3 N–H and O–H groups in total. The Labute approximate surface area is 255 Å². The molecular formula is C35H33N7O2. The highest BCUT2D eigenvalue weighted by Crippen LogP contribution is 2.36. The van der Waals surface area contributed by atoms with Crippen molar-refractivity contribution >= 4 is 44.9 Å². The van der Waals surface area contributed by atoms with Crippen LogP contribution in [0.15, 0.2) is 91.3 Å². The fraction of sp³-hybridized carbons (Fsp3) is 0.200. The van der Waals surface area contributed by atoms with Crippen molar-refractivity contribution in [1.82, 2.24) is 19.7 Å². The Morgan fingerprint density at radius 3 is 2.48 bits per heavy atom. The number of amides is 1. The summed E-state index contributed by atoms with van der Waals surface area (Å²) in [6, 6.07) is 25.9. The van der Waals surface area contributed by atoms with Crippen LogP contribution in [0.1, 0.15) is 35.8 Å². The second-order valence-corrected chi connectivity index (χ2v) is 11.3. The molecule has 0 aliphatic carbocycles. The lowest BCUT2D eigenvalue weighted by Gasteiger charge is -2.29. The summed E-state index contributed by atoms with van der Waals surface area (Å²) < 4.78 is 7.33. The second-order valence-electron chi connectivity index (χ2n) is 11.3. The van der Waals surface area contributed by atoms with E-state index in [0.29, 0.717) is 11.3 Å². The zero-order valence-electron chi connectivity index (χ0n) is 24.7. The minimum atomic E-state index is -0.513. The molecule has 6 aromatic rings. The van der Waals surface area contributed by atoms with Crippen LogP contribution in [0, 0.1) is 0 Å². The van der Waals surface area contributed by atoms with Crippen LogP contribution in [-0.2, 0) is 4.74 Å². The van der Waals surface area contributed by atoms with Crippen molar-refractivity contribution in [3.8, 4) is 16.8 Å². The van der Waals surface area contributed by atoms with Gasteiger partial charge in [0.2, 0.25) is 0 Å². The van der Waals surface area contributed by atoms with Gasteiger partial charge >= 0.3 is 0 Å². The number of hydrogen-bond acceptors (Lipinski definition) is 7. The zero-order valence-corrected chi connectivity index (χ0v) is 24.7. The van der Waals surface area contributed by atoms with E-state index in [4.69, 9.17) is 25.5 Å². The van der Waals surface area contributed by atoms with E-state index >= 15 is 0 Å². The van der Waals surface area contributed by atoms with E-state index in [0.717, 1.165) is 82.1 Å². The number of pyridine rings is 2. The Morgan fingerprint density at radius 2 is 1.70 bits per heavy atom. The Balaban J connectivity index is 1.30. The van der Waals surface area contributed by atoms with Crippen LogP contribution < -0.4 is 16.0 Å². The predicted octanol–water partition coefficient (Wildman–Crippen LogP) is 6.44. The van der Waals surface area contributed by atoms with Crippen molar-refractivity contribution in [2.75, 3.05) is 36.5 Å². The molecule has 7 rings (SSSR count). The number of fused-ring (bicyclic) bond motifs is 2. The van der Waals surface area contributed by atoms with Crippen LogP contribution in [0.25, 0.3) is 38.8 Å². The molecule has 0 atom stereocenters. The van der Waals surface area contributed by atoms with Gasteiger partial charge < -0.3 is 20.7 Å². The molecule has 1 aliphatic rings. The van der Waals surface area contributed by atoms with E-state index < -0.39 is 5.91 Å². The standard InChI is InChI=1S/C35H33N7O2/c1-22(2)33-32-28(24-19-23-5-3-4-6-30(23)38-21-24)13-14-37-35(32)42(40-33)27-11-12-29(34(36)43)31(20-27)39-25-7-9-26(10-8-25)41-15-17-44-18-16-41/h3-14,19-22,39H,15-18H2,1-2H3,(H2,36,43). The first-order valence-electron chi connectivity index (χ1n) is 14.8. The summed E-state index contributed by atoms with van der Waals surface area (Å²) in [7, 11) is 0. The van der Waals surface area contributed by atoms with Crippen molar-refractivity contribution in [1.29, 1.82) is 0 Å². The van der Waals surface area contributed by atoms with E-state index in [1.54, 1.807) is 6.07 Å². The molecule has 9 heteroatoms.